The van der Waals surface area contributed by atoms with Gasteiger partial charge in [-0.1, -0.05) is 11.8 Å². The summed E-state index contributed by atoms with van der Waals surface area (Å²) in [5, 5.41) is 9.60. The van der Waals surface area contributed by atoms with Crippen molar-refractivity contribution >= 4 is 35.2 Å². The smallest absolute Gasteiger partial charge is 0.327 e. The first-order valence-corrected chi connectivity index (χ1v) is 7.91. The van der Waals surface area contributed by atoms with Gasteiger partial charge in [-0.15, -0.1) is 10.2 Å². The zero-order chi connectivity index (χ0) is 17.5. The average molecular weight is 349 g/mol. The van der Waals surface area contributed by atoms with Crippen molar-refractivity contribution in [3.63, 3.8) is 0 Å². The van der Waals surface area contributed by atoms with Crippen molar-refractivity contribution in [2.75, 3.05) is 11.9 Å². The zero-order valence-electron chi connectivity index (χ0n) is 13.0. The number of anilines is 1. The van der Waals surface area contributed by atoms with Crippen LogP contribution in [0.15, 0.2) is 40.0 Å². The van der Waals surface area contributed by atoms with Crippen molar-refractivity contribution in [1.29, 1.82) is 0 Å². The monoisotopic (exact) mass is 349 g/mol. The minimum absolute atomic E-state index is 0.147. The number of carbonyl (C=O) groups excluding carboxylic acids is 3. The van der Waals surface area contributed by atoms with Gasteiger partial charge in [-0.2, -0.15) is 0 Å². The van der Waals surface area contributed by atoms with Crippen molar-refractivity contribution in [2.24, 2.45) is 0 Å². The van der Waals surface area contributed by atoms with E-state index in [-0.39, 0.29) is 24.0 Å². The first kappa shape index (κ1) is 17.7. The number of nitrogens with one attached hydrogen (secondary N) is 1. The van der Waals surface area contributed by atoms with Gasteiger partial charge >= 0.3 is 5.97 Å². The first-order valence-electron chi connectivity index (χ1n) is 7.03. The van der Waals surface area contributed by atoms with E-state index < -0.39 is 17.1 Å². The van der Waals surface area contributed by atoms with E-state index in [2.05, 4.69) is 15.5 Å². The van der Waals surface area contributed by atoms with Crippen LogP contribution in [-0.4, -0.2) is 39.7 Å². The van der Waals surface area contributed by atoms with Crippen LogP contribution in [0.5, 0.6) is 0 Å². The second kappa shape index (κ2) is 8.25. The first-order chi connectivity index (χ1) is 11.5. The highest BCUT2D eigenvalue weighted by Crippen LogP contribution is 2.23. The number of Topliss-reactive ketones (excluding diaryl/α,β-unsaturated/α-hetero) is 1. The molecular formula is C15H15N3O5S. The molecule has 2 rings (SSSR count). The van der Waals surface area contributed by atoms with Crippen molar-refractivity contribution < 1.29 is 23.5 Å². The number of hydrogen-bond acceptors (Lipinski definition) is 8. The number of amides is 1. The summed E-state index contributed by atoms with van der Waals surface area (Å²) < 4.78 is 9.83. The Morgan fingerprint density at radius 2 is 2.08 bits per heavy atom. The highest BCUT2D eigenvalue weighted by molar-refractivity contribution is 8.01. The van der Waals surface area contributed by atoms with Gasteiger partial charge in [0, 0.05) is 0 Å². The van der Waals surface area contributed by atoms with Crippen LogP contribution in [0.25, 0.3) is 0 Å². The van der Waals surface area contributed by atoms with Crippen LogP contribution in [-0.2, 0) is 14.3 Å². The quantitative estimate of drug-likeness (QED) is 0.458. The zero-order valence-corrected chi connectivity index (χ0v) is 13.8. The third-order valence-electron chi connectivity index (χ3n) is 2.74. The van der Waals surface area contributed by atoms with Gasteiger partial charge < -0.3 is 14.5 Å². The van der Waals surface area contributed by atoms with Gasteiger partial charge in [0.15, 0.2) is 22.6 Å². The molecule has 0 radical (unpaired) electrons. The molecule has 9 heteroatoms. The molecule has 1 atom stereocenters. The molecule has 2 heterocycles. The molecule has 0 bridgehead atoms. The lowest BCUT2D eigenvalue weighted by Crippen LogP contribution is -2.27. The third kappa shape index (κ3) is 4.66. The molecule has 0 aliphatic heterocycles. The Bertz CT molecular complexity index is 715. The molecule has 0 aromatic carbocycles. The number of esters is 1. The minimum atomic E-state index is -0.997. The fourth-order valence-corrected chi connectivity index (χ4v) is 2.48. The number of nitrogens with zero attached hydrogens (tertiary/aromatic N) is 2. The maximum atomic E-state index is 11.8. The van der Waals surface area contributed by atoms with Gasteiger partial charge in [0.1, 0.15) is 5.03 Å². The van der Waals surface area contributed by atoms with Crippen LogP contribution in [0.2, 0.25) is 0 Å². The molecule has 24 heavy (non-hydrogen) atoms. The number of aromatic nitrogens is 2. The lowest BCUT2D eigenvalue weighted by molar-refractivity contribution is -0.144. The van der Waals surface area contributed by atoms with Crippen LogP contribution >= 0.6 is 11.8 Å². The van der Waals surface area contributed by atoms with Gasteiger partial charge in [0.25, 0.3) is 5.91 Å². The van der Waals surface area contributed by atoms with Gasteiger partial charge in [0.05, 0.1) is 12.9 Å². The standard InChI is InChI=1S/C15H15N3O5S/c1-3-22-15(21)13(9(2)19)24-12-7-6-11(17-18-12)16-14(20)10-5-4-8-23-10/h4-8,13H,3H2,1-2H3,(H,16,17,20). The fraction of sp³-hybridized carbons (Fsp3) is 0.267. The van der Waals surface area contributed by atoms with E-state index in [0.29, 0.717) is 5.03 Å². The Kier molecular flexibility index (Phi) is 6.07. The third-order valence-corrected chi connectivity index (χ3v) is 3.95. The molecule has 8 nitrogen and oxygen atoms in total. The van der Waals surface area contributed by atoms with Gasteiger partial charge in [-0.25, -0.2) is 0 Å². The predicted octanol–water partition coefficient (Wildman–Crippen LogP) is 1.93. The molecule has 1 amide bonds. The number of thioether (sulfide) groups is 1. The SMILES string of the molecule is CCOC(=O)C(Sc1ccc(NC(=O)c2ccco2)nn1)C(C)=O. The maximum absolute atomic E-state index is 11.8. The van der Waals surface area contributed by atoms with Gasteiger partial charge in [-0.3, -0.25) is 14.4 Å². The minimum Gasteiger partial charge on any atom is -0.465 e. The molecule has 0 saturated heterocycles. The van der Waals surface area contributed by atoms with Crippen molar-refractivity contribution in [3.05, 3.63) is 36.3 Å². The van der Waals surface area contributed by atoms with Crippen molar-refractivity contribution in [1.82, 2.24) is 10.2 Å². The molecule has 0 spiro atoms. The van der Waals surface area contributed by atoms with Crippen LogP contribution in [0, 0.1) is 0 Å². The van der Waals surface area contributed by atoms with Crippen LogP contribution in [0.1, 0.15) is 24.4 Å². The topological polar surface area (TPSA) is 111 Å². The van der Waals surface area contributed by atoms with E-state index in [4.69, 9.17) is 9.15 Å². The molecule has 1 unspecified atom stereocenters. The second-order valence-electron chi connectivity index (χ2n) is 4.55. The summed E-state index contributed by atoms with van der Waals surface area (Å²) in [6, 6.07) is 6.17. The van der Waals surface area contributed by atoms with E-state index in [1.807, 2.05) is 0 Å². The number of rotatable bonds is 7. The lowest BCUT2D eigenvalue weighted by atomic mass is 10.3. The summed E-state index contributed by atoms with van der Waals surface area (Å²) in [7, 11) is 0. The normalized spacial score (nSPS) is 11.6. The molecule has 0 aliphatic carbocycles. The number of ether oxygens (including phenoxy) is 1. The summed E-state index contributed by atoms with van der Waals surface area (Å²) in [5.41, 5.74) is 0. The van der Waals surface area contributed by atoms with Crippen molar-refractivity contribution in [2.45, 2.75) is 24.1 Å². The summed E-state index contributed by atoms with van der Waals surface area (Å²) in [6.07, 6.45) is 1.39. The molecular weight excluding hydrogens is 334 g/mol. The van der Waals surface area contributed by atoms with Crippen LogP contribution in [0.4, 0.5) is 5.82 Å². The van der Waals surface area contributed by atoms with E-state index in [0.717, 1.165) is 11.8 Å². The lowest BCUT2D eigenvalue weighted by Gasteiger charge is -2.11. The Balaban J connectivity index is 2.01. The molecule has 0 fully saturated rings. The Morgan fingerprint density at radius 1 is 1.29 bits per heavy atom. The highest BCUT2D eigenvalue weighted by atomic mass is 32.2. The molecule has 1 N–H and O–H groups in total. The van der Waals surface area contributed by atoms with Crippen LogP contribution < -0.4 is 5.32 Å². The largest absolute Gasteiger partial charge is 0.465 e. The number of ketones is 1. The summed E-state index contributed by atoms with van der Waals surface area (Å²) in [6.45, 7) is 3.16. The van der Waals surface area contributed by atoms with Gasteiger partial charge in [0.2, 0.25) is 0 Å². The van der Waals surface area contributed by atoms with E-state index >= 15 is 0 Å². The van der Waals surface area contributed by atoms with E-state index in [1.54, 1.807) is 19.1 Å². The predicted molar refractivity (Wildman–Crippen MR) is 85.7 cm³/mol. The highest BCUT2D eigenvalue weighted by Gasteiger charge is 2.26. The molecule has 0 saturated carbocycles. The summed E-state index contributed by atoms with van der Waals surface area (Å²) in [5.74, 6) is -1.05. The number of carbonyl (C=O) groups is 3. The maximum Gasteiger partial charge on any atom is 0.327 e. The number of furan rings is 1. The van der Waals surface area contributed by atoms with Crippen molar-refractivity contribution in [3.8, 4) is 0 Å². The van der Waals surface area contributed by atoms with Crippen LogP contribution in [0.3, 0.4) is 0 Å². The van der Waals surface area contributed by atoms with E-state index in [9.17, 15) is 14.4 Å². The fourth-order valence-electron chi connectivity index (χ4n) is 1.67. The molecule has 0 aliphatic rings. The molecule has 2 aromatic rings. The second-order valence-corrected chi connectivity index (χ2v) is 5.67. The Morgan fingerprint density at radius 3 is 2.62 bits per heavy atom. The van der Waals surface area contributed by atoms with E-state index in [1.165, 1.54) is 25.3 Å². The Labute approximate surface area is 142 Å². The summed E-state index contributed by atoms with van der Waals surface area (Å²) in [4.78, 5) is 35.1. The summed E-state index contributed by atoms with van der Waals surface area (Å²) >= 11 is 0.941. The number of hydrogen-bond donors (Lipinski definition) is 1. The van der Waals surface area contributed by atoms with Gasteiger partial charge in [-0.05, 0) is 38.1 Å². The average Bonchev–Trinajstić information content (AvgIpc) is 3.08. The molecule has 2 aromatic heterocycles. The Hall–Kier alpha value is -2.68. The molecule has 126 valence electrons.